The second-order valence-corrected chi connectivity index (χ2v) is 8.07. The van der Waals surface area contributed by atoms with Crippen molar-refractivity contribution >= 4 is 11.7 Å². The summed E-state index contributed by atoms with van der Waals surface area (Å²) >= 11 is 0. The molecule has 0 aromatic heterocycles. The number of rotatable bonds is 19. The molecule has 0 saturated carbocycles. The van der Waals surface area contributed by atoms with Gasteiger partial charge in [-0.1, -0.05) is 102 Å². The molecule has 0 aromatic carbocycles. The number of unbranched alkanes of at least 4 members (excludes halogenated alkanes) is 12. The Morgan fingerprint density at radius 1 is 0.828 bits per heavy atom. The van der Waals surface area contributed by atoms with Crippen molar-refractivity contribution in [2.45, 2.75) is 123 Å². The Bertz CT molecular complexity index is 469. The van der Waals surface area contributed by atoms with Crippen LogP contribution in [0.4, 0.5) is 0 Å². The fraction of sp³-hybridized carbons (Fsp3) is 0.760. The average Bonchev–Trinajstić information content (AvgIpc) is 2.69. The minimum atomic E-state index is -0.886. The quantitative estimate of drug-likeness (QED) is 0.156. The second-order valence-electron chi connectivity index (χ2n) is 8.07. The predicted molar refractivity (Wildman–Crippen MR) is 123 cm³/mol. The molecule has 0 aliphatic carbocycles. The highest BCUT2D eigenvalue weighted by Gasteiger charge is 2.24. The lowest BCUT2D eigenvalue weighted by Gasteiger charge is -2.19. The van der Waals surface area contributed by atoms with Gasteiger partial charge in [0.2, 0.25) is 5.91 Å². The van der Waals surface area contributed by atoms with Gasteiger partial charge in [0.15, 0.2) is 5.78 Å². The number of carbonyl (C=O) groups excluding carboxylic acids is 2. The third kappa shape index (κ3) is 17.2. The molecule has 168 valence electrons. The Morgan fingerprint density at radius 2 is 1.31 bits per heavy atom. The summed E-state index contributed by atoms with van der Waals surface area (Å²) in [4.78, 5) is 24.2. The van der Waals surface area contributed by atoms with E-state index >= 15 is 0 Å². The lowest BCUT2D eigenvalue weighted by Crippen LogP contribution is -2.47. The summed E-state index contributed by atoms with van der Waals surface area (Å²) in [6.07, 6.45) is 22.5. The lowest BCUT2D eigenvalue weighted by molar-refractivity contribution is -0.128. The second kappa shape index (κ2) is 19.9. The number of ketones is 1. The number of nitrogens with one attached hydrogen (secondary N) is 1. The van der Waals surface area contributed by atoms with Gasteiger partial charge in [0.05, 0.1) is 6.10 Å². The van der Waals surface area contributed by atoms with Crippen LogP contribution >= 0.6 is 0 Å². The maximum absolute atomic E-state index is 12.3. The van der Waals surface area contributed by atoms with Crippen molar-refractivity contribution in [1.29, 1.82) is 0 Å². The van der Waals surface area contributed by atoms with Crippen molar-refractivity contribution in [1.82, 2.24) is 5.32 Å². The largest absolute Gasteiger partial charge is 0.391 e. The predicted octanol–water partition coefficient (Wildman–Crippen LogP) is 6.03. The Kier molecular flexibility index (Phi) is 18.9. The van der Waals surface area contributed by atoms with Crippen LogP contribution in [-0.2, 0) is 9.59 Å². The number of aliphatic hydroxyl groups is 1. The minimum Gasteiger partial charge on any atom is -0.391 e. The Hall–Kier alpha value is -1.42. The number of Topliss-reactive ketones (excluding diaryl/α,β-unsaturated/α-hetero) is 1. The number of hydrogen-bond acceptors (Lipinski definition) is 3. The molecule has 0 unspecified atom stereocenters. The summed E-state index contributed by atoms with van der Waals surface area (Å²) in [5.41, 5.74) is 0. The van der Waals surface area contributed by atoms with Crippen molar-refractivity contribution in [2.75, 3.05) is 0 Å². The molecule has 0 fully saturated rings. The average molecular weight is 408 g/mol. The molecular weight excluding hydrogens is 362 g/mol. The van der Waals surface area contributed by atoms with Gasteiger partial charge in [-0.3, -0.25) is 9.59 Å². The Morgan fingerprint density at radius 3 is 1.76 bits per heavy atom. The molecular formula is C25H45NO3. The van der Waals surface area contributed by atoms with Gasteiger partial charge in [-0.15, -0.1) is 0 Å². The van der Waals surface area contributed by atoms with E-state index in [1.165, 1.54) is 70.3 Å². The minimum absolute atomic E-state index is 0.0872. The van der Waals surface area contributed by atoms with E-state index in [-0.39, 0.29) is 11.7 Å². The molecule has 4 heteroatoms. The van der Waals surface area contributed by atoms with Crippen molar-refractivity contribution in [2.24, 2.45) is 0 Å². The van der Waals surface area contributed by atoms with Crippen molar-refractivity contribution in [3.8, 4) is 0 Å². The zero-order valence-corrected chi connectivity index (χ0v) is 19.1. The summed E-state index contributed by atoms with van der Waals surface area (Å²) in [5.74, 6) is -0.441. The summed E-state index contributed by atoms with van der Waals surface area (Å²) in [7, 11) is 0. The van der Waals surface area contributed by atoms with Gasteiger partial charge in [-0.25, -0.2) is 0 Å². The standard InChI is InChI=1S/C25H45NO3/c1-4-6-8-9-10-11-12-13-14-15-16-17-19-20-23(28)25(22(3)27)26-24(29)21-18-7-5-2/h5,7,18,21-22,25,27H,4,6,8-17,19-20H2,1-3H3,(H,26,29)/b7-5+,21-18+/t22-,25+/m1/s1. The first-order valence-electron chi connectivity index (χ1n) is 11.8. The Labute approximate surface area is 179 Å². The summed E-state index contributed by atoms with van der Waals surface area (Å²) in [5, 5.41) is 12.4. The van der Waals surface area contributed by atoms with Gasteiger partial charge in [0.1, 0.15) is 6.04 Å². The van der Waals surface area contributed by atoms with Gasteiger partial charge in [0.25, 0.3) is 0 Å². The third-order valence-corrected chi connectivity index (χ3v) is 5.20. The van der Waals surface area contributed by atoms with E-state index in [9.17, 15) is 14.7 Å². The zero-order valence-electron chi connectivity index (χ0n) is 19.1. The summed E-state index contributed by atoms with van der Waals surface area (Å²) < 4.78 is 0. The van der Waals surface area contributed by atoms with Crippen LogP contribution in [0.15, 0.2) is 24.3 Å². The SMILES string of the molecule is C/C=C/C=C/C(=O)N[C@H](C(=O)CCCCCCCCCCCCCCC)[C@@H](C)O. The molecule has 29 heavy (non-hydrogen) atoms. The lowest BCUT2D eigenvalue weighted by atomic mass is 10.0. The fourth-order valence-corrected chi connectivity index (χ4v) is 3.40. The molecule has 0 aliphatic rings. The van der Waals surface area contributed by atoms with Crippen molar-refractivity contribution < 1.29 is 14.7 Å². The summed E-state index contributed by atoms with van der Waals surface area (Å²) in [6, 6.07) is -0.824. The first-order chi connectivity index (χ1) is 14.0. The highest BCUT2D eigenvalue weighted by molar-refractivity contribution is 5.94. The maximum Gasteiger partial charge on any atom is 0.244 e. The topological polar surface area (TPSA) is 66.4 Å². The van der Waals surface area contributed by atoms with E-state index in [4.69, 9.17) is 0 Å². The van der Waals surface area contributed by atoms with E-state index < -0.39 is 12.1 Å². The highest BCUT2D eigenvalue weighted by atomic mass is 16.3. The highest BCUT2D eigenvalue weighted by Crippen LogP contribution is 2.13. The molecule has 2 atom stereocenters. The van der Waals surface area contributed by atoms with E-state index in [0.717, 1.165) is 19.3 Å². The first-order valence-corrected chi connectivity index (χ1v) is 11.8. The molecule has 0 rings (SSSR count). The fourth-order valence-electron chi connectivity index (χ4n) is 3.40. The third-order valence-electron chi connectivity index (χ3n) is 5.20. The van der Waals surface area contributed by atoms with Crippen LogP contribution in [-0.4, -0.2) is 28.9 Å². The molecule has 0 spiro atoms. The van der Waals surface area contributed by atoms with Gasteiger partial charge in [-0.05, 0) is 20.3 Å². The van der Waals surface area contributed by atoms with Crippen LogP contribution < -0.4 is 5.32 Å². The normalized spacial score (nSPS) is 13.8. The molecule has 4 nitrogen and oxygen atoms in total. The van der Waals surface area contributed by atoms with E-state index in [2.05, 4.69) is 12.2 Å². The van der Waals surface area contributed by atoms with Crippen LogP contribution in [0.5, 0.6) is 0 Å². The first kappa shape index (κ1) is 27.6. The smallest absolute Gasteiger partial charge is 0.244 e. The molecule has 0 bridgehead atoms. The summed E-state index contributed by atoms with van der Waals surface area (Å²) in [6.45, 7) is 5.66. The molecule has 0 aromatic rings. The van der Waals surface area contributed by atoms with Gasteiger partial charge < -0.3 is 10.4 Å². The molecule has 0 saturated heterocycles. The van der Waals surface area contributed by atoms with Gasteiger partial charge in [-0.2, -0.15) is 0 Å². The zero-order chi connectivity index (χ0) is 21.7. The van der Waals surface area contributed by atoms with E-state index in [0.29, 0.717) is 6.42 Å². The van der Waals surface area contributed by atoms with Gasteiger partial charge >= 0.3 is 0 Å². The van der Waals surface area contributed by atoms with Crippen LogP contribution in [0.25, 0.3) is 0 Å². The van der Waals surface area contributed by atoms with E-state index in [1.807, 2.05) is 13.0 Å². The molecule has 0 radical (unpaired) electrons. The number of carbonyl (C=O) groups is 2. The molecule has 0 aliphatic heterocycles. The van der Waals surface area contributed by atoms with Crippen LogP contribution in [0.3, 0.4) is 0 Å². The van der Waals surface area contributed by atoms with Gasteiger partial charge in [0, 0.05) is 12.5 Å². The maximum atomic E-state index is 12.3. The number of allylic oxidation sites excluding steroid dienone is 3. The van der Waals surface area contributed by atoms with Crippen LogP contribution in [0.2, 0.25) is 0 Å². The van der Waals surface area contributed by atoms with Crippen LogP contribution in [0, 0.1) is 0 Å². The number of amides is 1. The molecule has 1 amide bonds. The van der Waals surface area contributed by atoms with Crippen molar-refractivity contribution in [3.63, 3.8) is 0 Å². The Balaban J connectivity index is 3.77. The van der Waals surface area contributed by atoms with Crippen molar-refractivity contribution in [3.05, 3.63) is 24.3 Å². The molecule has 0 heterocycles. The number of aliphatic hydroxyl groups excluding tert-OH is 1. The van der Waals surface area contributed by atoms with Crippen LogP contribution in [0.1, 0.15) is 111 Å². The monoisotopic (exact) mass is 407 g/mol. The number of hydrogen-bond donors (Lipinski definition) is 2. The molecule has 2 N–H and O–H groups in total. The van der Waals surface area contributed by atoms with E-state index in [1.54, 1.807) is 19.1 Å².